The fourth-order valence-electron chi connectivity index (χ4n) is 3.53. The third-order valence-corrected chi connectivity index (χ3v) is 6.25. The normalized spacial score (nSPS) is 11.5. The molecule has 0 saturated heterocycles. The molecular weight excluding hydrogens is 446 g/mol. The summed E-state index contributed by atoms with van der Waals surface area (Å²) in [4.78, 5) is 20.9. The molecule has 3 heterocycles. The van der Waals surface area contributed by atoms with Gasteiger partial charge in [-0.05, 0) is 48.7 Å². The minimum Gasteiger partial charge on any atom is -0.354 e. The van der Waals surface area contributed by atoms with E-state index < -0.39 is 10.0 Å². The van der Waals surface area contributed by atoms with Crippen molar-refractivity contribution in [3.63, 3.8) is 0 Å². The van der Waals surface area contributed by atoms with E-state index in [1.807, 2.05) is 35.9 Å². The highest BCUT2D eigenvalue weighted by atomic mass is 32.2. The van der Waals surface area contributed by atoms with Gasteiger partial charge in [0.1, 0.15) is 11.5 Å². The molecule has 0 saturated carbocycles. The Hall–Kier alpha value is -3.37. The molecule has 10 heteroatoms. The lowest BCUT2D eigenvalue weighted by molar-refractivity contribution is 0.102. The number of nitrogens with one attached hydrogen (secondary N) is 2. The summed E-state index contributed by atoms with van der Waals surface area (Å²) in [5.74, 6) is 0.615. The third-order valence-electron chi connectivity index (χ3n) is 4.78. The van der Waals surface area contributed by atoms with Crippen LogP contribution in [0.1, 0.15) is 20.9 Å². The number of fused-ring (bicyclic) bond motifs is 1. The summed E-state index contributed by atoms with van der Waals surface area (Å²) in [7, 11) is -1.40. The van der Waals surface area contributed by atoms with E-state index in [9.17, 15) is 13.2 Å². The first-order valence-electron chi connectivity index (χ1n) is 9.81. The lowest BCUT2D eigenvalue weighted by atomic mass is 10.2. The molecule has 4 rings (SSSR count). The Labute approximate surface area is 190 Å². The van der Waals surface area contributed by atoms with E-state index >= 15 is 0 Å². The monoisotopic (exact) mass is 469 g/mol. The number of anilines is 3. The number of benzene rings is 1. The predicted molar refractivity (Wildman–Crippen MR) is 129 cm³/mol. The van der Waals surface area contributed by atoms with Crippen LogP contribution in [0.3, 0.4) is 0 Å². The number of pyridine rings is 1. The number of amides is 1. The van der Waals surface area contributed by atoms with Crippen LogP contribution in [0.15, 0.2) is 60.1 Å². The quantitative estimate of drug-likeness (QED) is 0.427. The van der Waals surface area contributed by atoms with Crippen LogP contribution in [0.4, 0.5) is 17.2 Å². The van der Waals surface area contributed by atoms with E-state index in [4.69, 9.17) is 0 Å². The van der Waals surface area contributed by atoms with Crippen molar-refractivity contribution in [2.75, 3.05) is 28.2 Å². The van der Waals surface area contributed by atoms with Crippen molar-refractivity contribution < 1.29 is 13.2 Å². The molecule has 0 fully saturated rings. The zero-order valence-electron chi connectivity index (χ0n) is 17.9. The van der Waals surface area contributed by atoms with Crippen molar-refractivity contribution in [3.8, 4) is 0 Å². The lowest BCUT2D eigenvalue weighted by Crippen LogP contribution is -2.19. The maximum absolute atomic E-state index is 12.9. The SMILES string of the molecule is Cc1nc2ccc(C(=O)Nc3cccc(NS(C)(=O)=O)c3)cn2c1N(C)Cc1cccs1. The first kappa shape index (κ1) is 21.8. The van der Waals surface area contributed by atoms with E-state index in [-0.39, 0.29) is 5.91 Å². The fourth-order valence-corrected chi connectivity index (χ4v) is 4.85. The Morgan fingerprint density at radius 2 is 1.94 bits per heavy atom. The van der Waals surface area contributed by atoms with Crippen LogP contribution in [-0.2, 0) is 16.6 Å². The molecule has 4 aromatic rings. The van der Waals surface area contributed by atoms with Gasteiger partial charge in [0, 0.05) is 23.8 Å². The van der Waals surface area contributed by atoms with Crippen LogP contribution in [0.2, 0.25) is 0 Å². The number of rotatable bonds is 7. The molecule has 0 spiro atoms. The van der Waals surface area contributed by atoms with Crippen molar-refractivity contribution in [1.82, 2.24) is 9.38 Å². The van der Waals surface area contributed by atoms with E-state index in [0.717, 1.165) is 30.0 Å². The summed E-state index contributed by atoms with van der Waals surface area (Å²) < 4.78 is 27.2. The van der Waals surface area contributed by atoms with Crippen molar-refractivity contribution in [2.45, 2.75) is 13.5 Å². The largest absolute Gasteiger partial charge is 0.354 e. The number of carbonyl (C=O) groups is 1. The number of hydrogen-bond acceptors (Lipinski definition) is 6. The van der Waals surface area contributed by atoms with Gasteiger partial charge in [0.05, 0.1) is 29.7 Å². The van der Waals surface area contributed by atoms with Crippen molar-refractivity contribution >= 4 is 50.1 Å². The van der Waals surface area contributed by atoms with Gasteiger partial charge in [-0.1, -0.05) is 12.1 Å². The molecule has 32 heavy (non-hydrogen) atoms. The maximum Gasteiger partial charge on any atom is 0.257 e. The fraction of sp³-hybridized carbons (Fsp3) is 0.182. The van der Waals surface area contributed by atoms with Gasteiger partial charge in [0.15, 0.2) is 0 Å². The zero-order chi connectivity index (χ0) is 22.9. The van der Waals surface area contributed by atoms with Crippen molar-refractivity contribution in [1.29, 1.82) is 0 Å². The molecule has 0 aliphatic rings. The number of aryl methyl sites for hydroxylation is 1. The summed E-state index contributed by atoms with van der Waals surface area (Å²) in [6, 6.07) is 14.2. The molecule has 0 radical (unpaired) electrons. The minimum absolute atomic E-state index is 0.304. The number of hydrogen-bond donors (Lipinski definition) is 2. The van der Waals surface area contributed by atoms with Gasteiger partial charge < -0.3 is 10.2 Å². The number of carbonyl (C=O) groups excluding carboxylic acids is 1. The Balaban J connectivity index is 1.59. The molecular formula is C22H23N5O3S2. The van der Waals surface area contributed by atoms with Crippen LogP contribution >= 0.6 is 11.3 Å². The van der Waals surface area contributed by atoms with Crippen LogP contribution in [-0.4, -0.2) is 37.0 Å². The first-order chi connectivity index (χ1) is 15.2. The summed E-state index contributed by atoms with van der Waals surface area (Å²) in [5.41, 5.74) is 2.96. The standard InChI is InChI=1S/C22H23N5O3S2/c1-15-22(26(2)14-19-8-5-11-31-19)27-13-16(9-10-20(27)23-15)21(28)24-17-6-4-7-18(12-17)25-32(3,29)30/h4-13,25H,14H2,1-3H3,(H,24,28). The van der Waals surface area contributed by atoms with Crippen LogP contribution in [0.25, 0.3) is 5.65 Å². The second-order valence-electron chi connectivity index (χ2n) is 7.51. The van der Waals surface area contributed by atoms with Crippen LogP contribution in [0.5, 0.6) is 0 Å². The van der Waals surface area contributed by atoms with E-state index in [1.165, 1.54) is 4.88 Å². The number of aromatic nitrogens is 2. The number of sulfonamides is 1. The van der Waals surface area contributed by atoms with Gasteiger partial charge in [-0.3, -0.25) is 13.9 Å². The molecule has 2 N–H and O–H groups in total. The lowest BCUT2D eigenvalue weighted by Gasteiger charge is -2.19. The highest BCUT2D eigenvalue weighted by Crippen LogP contribution is 2.25. The van der Waals surface area contributed by atoms with Crippen LogP contribution < -0.4 is 14.9 Å². The average Bonchev–Trinajstić information content (AvgIpc) is 3.32. The van der Waals surface area contributed by atoms with E-state index in [2.05, 4.69) is 26.0 Å². The molecule has 1 aromatic carbocycles. The van der Waals surface area contributed by atoms with Gasteiger partial charge in [0.2, 0.25) is 10.0 Å². The zero-order valence-corrected chi connectivity index (χ0v) is 19.5. The highest BCUT2D eigenvalue weighted by Gasteiger charge is 2.16. The Bertz CT molecular complexity index is 1380. The molecule has 3 aromatic heterocycles. The summed E-state index contributed by atoms with van der Waals surface area (Å²) in [5, 5.41) is 4.87. The van der Waals surface area contributed by atoms with Crippen LogP contribution in [0, 0.1) is 6.92 Å². The Morgan fingerprint density at radius 1 is 1.16 bits per heavy atom. The molecule has 166 valence electrons. The molecule has 0 unspecified atom stereocenters. The Kier molecular flexibility index (Phi) is 5.90. The van der Waals surface area contributed by atoms with Gasteiger partial charge in [-0.2, -0.15) is 0 Å². The summed E-state index contributed by atoms with van der Waals surface area (Å²) in [6.45, 7) is 2.69. The second kappa shape index (κ2) is 8.64. The van der Waals surface area contributed by atoms with Gasteiger partial charge in [-0.15, -0.1) is 11.3 Å². The second-order valence-corrected chi connectivity index (χ2v) is 10.3. The Morgan fingerprint density at radius 3 is 2.66 bits per heavy atom. The summed E-state index contributed by atoms with van der Waals surface area (Å²) in [6.07, 6.45) is 2.84. The molecule has 0 bridgehead atoms. The van der Waals surface area contributed by atoms with Gasteiger partial charge >= 0.3 is 0 Å². The first-order valence-corrected chi connectivity index (χ1v) is 12.6. The average molecular weight is 470 g/mol. The van der Waals surface area contributed by atoms with Gasteiger partial charge in [0.25, 0.3) is 5.91 Å². The smallest absolute Gasteiger partial charge is 0.257 e. The van der Waals surface area contributed by atoms with Crippen molar-refractivity contribution in [3.05, 3.63) is 76.2 Å². The molecule has 1 amide bonds. The van der Waals surface area contributed by atoms with Crippen molar-refractivity contribution in [2.24, 2.45) is 0 Å². The number of imidazole rings is 1. The summed E-state index contributed by atoms with van der Waals surface area (Å²) >= 11 is 1.70. The number of thiophene rings is 1. The topological polar surface area (TPSA) is 95.8 Å². The highest BCUT2D eigenvalue weighted by molar-refractivity contribution is 7.92. The molecule has 8 nitrogen and oxygen atoms in total. The van der Waals surface area contributed by atoms with Gasteiger partial charge in [-0.25, -0.2) is 13.4 Å². The molecule has 0 atom stereocenters. The van der Waals surface area contributed by atoms with E-state index in [0.29, 0.717) is 16.9 Å². The third kappa shape index (κ3) is 4.92. The maximum atomic E-state index is 12.9. The molecule has 0 aliphatic carbocycles. The predicted octanol–water partition coefficient (Wildman–Crippen LogP) is 3.96. The van der Waals surface area contributed by atoms with E-state index in [1.54, 1.807) is 47.9 Å². The minimum atomic E-state index is -3.41. The molecule has 0 aliphatic heterocycles. The number of nitrogens with zero attached hydrogens (tertiary/aromatic N) is 3.